The second-order valence-corrected chi connectivity index (χ2v) is 4.29. The molecule has 0 bridgehead atoms. The first-order valence-electron chi connectivity index (χ1n) is 5.27. The van der Waals surface area contributed by atoms with Gasteiger partial charge in [0.1, 0.15) is 5.75 Å². The Labute approximate surface area is 105 Å². The second kappa shape index (κ2) is 5.89. The molecule has 1 rings (SSSR count). The number of aliphatic carboxylic acids is 1. The molecular formula is C12H16ClNO3. The molecule has 0 heterocycles. The van der Waals surface area contributed by atoms with Gasteiger partial charge in [0.2, 0.25) is 0 Å². The number of methoxy groups -OCH3 is 1. The lowest BCUT2D eigenvalue weighted by Gasteiger charge is -2.16. The standard InChI is InChI=1S/C12H16ClNO3/c1-7-5-8(9(14)3-4-11(15)16)12(13)10(6-7)17-2/h5-6,9H,3-4,14H2,1-2H3,(H,15,16). The molecule has 0 spiro atoms. The number of rotatable bonds is 5. The third kappa shape index (κ3) is 3.61. The van der Waals surface area contributed by atoms with E-state index < -0.39 is 12.0 Å². The van der Waals surface area contributed by atoms with Crippen molar-refractivity contribution in [3.63, 3.8) is 0 Å². The van der Waals surface area contributed by atoms with E-state index in [9.17, 15) is 4.79 Å². The van der Waals surface area contributed by atoms with Crippen LogP contribution in [0.2, 0.25) is 5.02 Å². The Morgan fingerprint density at radius 3 is 2.76 bits per heavy atom. The van der Waals surface area contributed by atoms with Gasteiger partial charge in [0.25, 0.3) is 0 Å². The lowest BCUT2D eigenvalue weighted by Crippen LogP contribution is -2.13. The normalized spacial score (nSPS) is 12.2. The van der Waals surface area contributed by atoms with Crippen LogP contribution in [0.5, 0.6) is 5.75 Å². The SMILES string of the molecule is COc1cc(C)cc(C(N)CCC(=O)O)c1Cl. The number of halogens is 1. The van der Waals surface area contributed by atoms with Crippen molar-refractivity contribution in [1.29, 1.82) is 0 Å². The fourth-order valence-corrected chi connectivity index (χ4v) is 1.94. The van der Waals surface area contributed by atoms with Gasteiger partial charge in [0, 0.05) is 12.5 Å². The van der Waals surface area contributed by atoms with Crippen LogP contribution in [0.4, 0.5) is 0 Å². The van der Waals surface area contributed by atoms with E-state index >= 15 is 0 Å². The number of aryl methyl sites for hydroxylation is 1. The molecule has 1 aromatic carbocycles. The van der Waals surface area contributed by atoms with E-state index in [-0.39, 0.29) is 6.42 Å². The molecule has 0 fully saturated rings. The van der Waals surface area contributed by atoms with Gasteiger partial charge >= 0.3 is 5.97 Å². The topological polar surface area (TPSA) is 72.5 Å². The Bertz CT molecular complexity index is 420. The van der Waals surface area contributed by atoms with E-state index in [0.717, 1.165) is 11.1 Å². The second-order valence-electron chi connectivity index (χ2n) is 3.91. The summed E-state index contributed by atoms with van der Waals surface area (Å²) in [5.74, 6) is -0.302. The van der Waals surface area contributed by atoms with E-state index in [1.54, 1.807) is 0 Å². The van der Waals surface area contributed by atoms with Gasteiger partial charge in [-0.05, 0) is 30.5 Å². The Morgan fingerprint density at radius 2 is 2.24 bits per heavy atom. The van der Waals surface area contributed by atoms with Crippen molar-refractivity contribution in [2.45, 2.75) is 25.8 Å². The molecule has 0 amide bonds. The molecule has 0 aliphatic rings. The van der Waals surface area contributed by atoms with E-state index in [1.807, 2.05) is 19.1 Å². The number of carboxylic acids is 1. The molecule has 1 aromatic rings. The van der Waals surface area contributed by atoms with Crippen molar-refractivity contribution >= 4 is 17.6 Å². The van der Waals surface area contributed by atoms with E-state index in [2.05, 4.69) is 0 Å². The van der Waals surface area contributed by atoms with Crippen LogP contribution in [0.25, 0.3) is 0 Å². The van der Waals surface area contributed by atoms with Gasteiger partial charge in [-0.2, -0.15) is 0 Å². The summed E-state index contributed by atoms with van der Waals surface area (Å²) >= 11 is 6.14. The monoisotopic (exact) mass is 257 g/mol. The Morgan fingerprint density at radius 1 is 1.59 bits per heavy atom. The van der Waals surface area contributed by atoms with Crippen molar-refractivity contribution in [3.8, 4) is 5.75 Å². The van der Waals surface area contributed by atoms with Crippen molar-refractivity contribution in [1.82, 2.24) is 0 Å². The highest BCUT2D eigenvalue weighted by Crippen LogP contribution is 2.33. The number of nitrogens with two attached hydrogens (primary N) is 1. The van der Waals surface area contributed by atoms with Crippen LogP contribution >= 0.6 is 11.6 Å². The lowest BCUT2D eigenvalue weighted by molar-refractivity contribution is -0.137. The summed E-state index contributed by atoms with van der Waals surface area (Å²) in [6.07, 6.45) is 0.370. The van der Waals surface area contributed by atoms with Crippen LogP contribution in [0, 0.1) is 6.92 Å². The smallest absolute Gasteiger partial charge is 0.303 e. The molecule has 1 atom stereocenters. The highest BCUT2D eigenvalue weighted by Gasteiger charge is 2.15. The highest BCUT2D eigenvalue weighted by atomic mass is 35.5. The van der Waals surface area contributed by atoms with Crippen LogP contribution in [-0.4, -0.2) is 18.2 Å². The van der Waals surface area contributed by atoms with E-state index in [1.165, 1.54) is 7.11 Å². The third-order valence-corrected chi connectivity index (χ3v) is 2.90. The molecule has 1 unspecified atom stereocenters. The first kappa shape index (κ1) is 13.8. The van der Waals surface area contributed by atoms with Gasteiger partial charge in [-0.1, -0.05) is 17.7 Å². The molecule has 3 N–H and O–H groups in total. The first-order valence-corrected chi connectivity index (χ1v) is 5.65. The average molecular weight is 258 g/mol. The molecule has 94 valence electrons. The van der Waals surface area contributed by atoms with Crippen LogP contribution in [0.1, 0.15) is 30.0 Å². The molecule has 0 saturated carbocycles. The van der Waals surface area contributed by atoms with Crippen LogP contribution in [0.15, 0.2) is 12.1 Å². The van der Waals surface area contributed by atoms with Crippen LogP contribution in [0.3, 0.4) is 0 Å². The Kier molecular flexibility index (Phi) is 4.78. The van der Waals surface area contributed by atoms with Crippen molar-refractivity contribution in [2.24, 2.45) is 5.73 Å². The summed E-state index contributed by atoms with van der Waals surface area (Å²) in [7, 11) is 1.53. The maximum Gasteiger partial charge on any atom is 0.303 e. The zero-order chi connectivity index (χ0) is 13.0. The number of carbonyl (C=O) groups is 1. The molecule has 17 heavy (non-hydrogen) atoms. The predicted octanol–water partition coefficient (Wildman–Crippen LogP) is 2.52. The molecule has 0 aliphatic carbocycles. The van der Waals surface area contributed by atoms with Crippen LogP contribution in [-0.2, 0) is 4.79 Å². The molecular weight excluding hydrogens is 242 g/mol. The summed E-state index contributed by atoms with van der Waals surface area (Å²) < 4.78 is 5.14. The molecule has 5 heteroatoms. The van der Waals surface area contributed by atoms with Crippen molar-refractivity contribution in [3.05, 3.63) is 28.3 Å². The number of benzene rings is 1. The van der Waals surface area contributed by atoms with Gasteiger partial charge in [0.15, 0.2) is 0 Å². The Balaban J connectivity index is 2.96. The maximum absolute atomic E-state index is 10.5. The number of carboxylic acid groups (broad SMARTS) is 1. The lowest BCUT2D eigenvalue weighted by atomic mass is 10.0. The fraction of sp³-hybridized carbons (Fsp3) is 0.417. The number of hydrogen-bond acceptors (Lipinski definition) is 3. The fourth-order valence-electron chi connectivity index (χ4n) is 1.62. The minimum Gasteiger partial charge on any atom is -0.495 e. The van der Waals surface area contributed by atoms with Gasteiger partial charge in [0.05, 0.1) is 12.1 Å². The van der Waals surface area contributed by atoms with Gasteiger partial charge in [-0.15, -0.1) is 0 Å². The maximum atomic E-state index is 10.5. The summed E-state index contributed by atoms with van der Waals surface area (Å²) in [6.45, 7) is 1.91. The third-order valence-electron chi connectivity index (χ3n) is 2.50. The molecule has 0 aromatic heterocycles. The van der Waals surface area contributed by atoms with E-state index in [4.69, 9.17) is 27.2 Å². The predicted molar refractivity (Wildman–Crippen MR) is 66.5 cm³/mol. The van der Waals surface area contributed by atoms with Crippen molar-refractivity contribution in [2.75, 3.05) is 7.11 Å². The summed E-state index contributed by atoms with van der Waals surface area (Å²) in [5.41, 5.74) is 7.64. The average Bonchev–Trinajstić information content (AvgIpc) is 2.28. The van der Waals surface area contributed by atoms with Gasteiger partial charge in [-0.3, -0.25) is 4.79 Å². The highest BCUT2D eigenvalue weighted by molar-refractivity contribution is 6.32. The van der Waals surface area contributed by atoms with Crippen molar-refractivity contribution < 1.29 is 14.6 Å². The Hall–Kier alpha value is -1.26. The summed E-state index contributed by atoms with van der Waals surface area (Å²) in [6, 6.07) is 3.28. The molecule has 0 radical (unpaired) electrons. The molecule has 0 aliphatic heterocycles. The van der Waals surface area contributed by atoms with Gasteiger partial charge in [-0.25, -0.2) is 0 Å². The molecule has 4 nitrogen and oxygen atoms in total. The first-order chi connectivity index (χ1) is 7.95. The molecule has 0 saturated heterocycles. The zero-order valence-electron chi connectivity index (χ0n) is 9.87. The van der Waals surface area contributed by atoms with Gasteiger partial charge < -0.3 is 15.6 Å². The summed E-state index contributed by atoms with van der Waals surface area (Å²) in [5, 5.41) is 9.08. The quantitative estimate of drug-likeness (QED) is 0.850. The largest absolute Gasteiger partial charge is 0.495 e. The van der Waals surface area contributed by atoms with E-state index in [0.29, 0.717) is 17.2 Å². The minimum absolute atomic E-state index is 0.0216. The number of hydrogen-bond donors (Lipinski definition) is 2. The minimum atomic E-state index is -0.865. The zero-order valence-corrected chi connectivity index (χ0v) is 10.6. The van der Waals surface area contributed by atoms with Crippen LogP contribution < -0.4 is 10.5 Å². The number of ether oxygens (including phenoxy) is 1. The summed E-state index contributed by atoms with van der Waals surface area (Å²) in [4.78, 5) is 10.5.